The summed E-state index contributed by atoms with van der Waals surface area (Å²) in [6.07, 6.45) is -17.6. The maximum absolute atomic E-state index is 12.2. The van der Waals surface area contributed by atoms with Crippen molar-refractivity contribution in [3.8, 4) is 0 Å². The van der Waals surface area contributed by atoms with Crippen molar-refractivity contribution in [2.45, 2.75) is 176 Å². The first-order chi connectivity index (χ1) is 42.5. The van der Waals surface area contributed by atoms with Crippen LogP contribution in [0.4, 0.5) is 0 Å². The SMILES string of the molecule is CC(=O)N[C@@H]1[C@@H](O)[C@H](O)[C@@H](CO)O[C@H]1n1cc(COCC(COCc2cn([C@@H]3O[C@H](CO)[C@@H](O)[C@H](O)[C@H]3NC(C)=O)nn2)(COCc2cn([C@@H]3O[C@H](CO)[C@@H](O)[C@H](O)[C@H]3NC(C)=O)nn2)COCc2cn([C@@H]3O[C@H](CO)[C@@H](O)[C@H](O)[C@H]3NC(C)=O)nn2)nn1. The summed E-state index contributed by atoms with van der Waals surface area (Å²) in [6, 6.07) is -5.03. The van der Waals surface area contributed by atoms with Gasteiger partial charge in [0.05, 0.1) is 109 Å². The molecule has 4 aliphatic rings. The van der Waals surface area contributed by atoms with E-state index in [1.165, 1.54) is 52.5 Å². The fourth-order valence-electron chi connectivity index (χ4n) is 10.6. The van der Waals surface area contributed by atoms with Crippen molar-refractivity contribution < 1.29 is 118 Å². The molecule has 4 aromatic rings. The molecule has 0 radical (unpaired) electrons. The van der Waals surface area contributed by atoms with E-state index >= 15 is 0 Å². The quantitative estimate of drug-likeness (QED) is 0.0251. The van der Waals surface area contributed by atoms with Gasteiger partial charge in [-0.05, 0) is 0 Å². The maximum Gasteiger partial charge on any atom is 0.217 e. The summed E-state index contributed by atoms with van der Waals surface area (Å²) in [5.41, 5.74) is -0.772. The standard InChI is InChI=1S/C49H76N16O24/c1-21(70)50-33-41(78)37(74)29(9-66)86-45(33)62-5-25(54-58-62)13-82-17-49(18-83-14-26-6-63(59-55-26)46-34(51-22(2)71)42(79)38(75)30(10-67)87-46,19-84-15-27-7-64(60-56-27)47-35(52-23(3)72)43(80)39(76)31(11-68)88-47)20-85-16-28-8-65(61-57-28)48-36(53-24(4)73)44(81)40(77)32(12-69)89-48/h5-8,29-48,66-69,74-81H,9-20H2,1-4H3,(H,50,70)(H,51,71)(H,52,72)(H,53,73)/t29-,30-,31-,32-,33-,34-,35-,36-,37-,38-,39-,40-,41-,42-,43-,44-,45-,46-,47-,48-/m1/s1. The molecule has 0 aromatic carbocycles. The first-order valence-electron chi connectivity index (χ1n) is 28.0. The molecule has 40 heteroatoms. The summed E-state index contributed by atoms with van der Waals surface area (Å²) < 4.78 is 53.4. The zero-order chi connectivity index (χ0) is 64.4. The van der Waals surface area contributed by atoms with Crippen molar-refractivity contribution in [2.24, 2.45) is 5.41 Å². The summed E-state index contributed by atoms with van der Waals surface area (Å²) in [6.45, 7) is -0.571. The molecule has 0 aliphatic carbocycles. The molecule has 16 N–H and O–H groups in total. The van der Waals surface area contributed by atoms with E-state index in [-0.39, 0.29) is 75.6 Å². The molecule has 20 atom stereocenters. The van der Waals surface area contributed by atoms with Gasteiger partial charge in [0.15, 0.2) is 24.9 Å². The molecule has 0 bridgehead atoms. The van der Waals surface area contributed by atoms with Crippen LogP contribution in [0.3, 0.4) is 0 Å². The largest absolute Gasteiger partial charge is 0.394 e. The number of aliphatic hydroxyl groups is 12. The summed E-state index contributed by atoms with van der Waals surface area (Å²) in [5, 5.41) is 169. The predicted octanol–water partition coefficient (Wildman–Crippen LogP) is -10.3. The van der Waals surface area contributed by atoms with Crippen molar-refractivity contribution in [1.29, 1.82) is 0 Å². The highest BCUT2D eigenvalue weighted by Crippen LogP contribution is 2.33. The van der Waals surface area contributed by atoms with Crippen LogP contribution in [0.5, 0.6) is 0 Å². The van der Waals surface area contributed by atoms with Gasteiger partial charge in [-0.15, -0.1) is 20.4 Å². The predicted molar refractivity (Wildman–Crippen MR) is 284 cm³/mol. The van der Waals surface area contributed by atoms with Gasteiger partial charge in [0.1, 0.15) is 120 Å². The number of ether oxygens (including phenoxy) is 8. The topological polar surface area (TPSA) is 556 Å². The summed E-state index contributed by atoms with van der Waals surface area (Å²) in [5.74, 6) is -2.32. The lowest BCUT2D eigenvalue weighted by Gasteiger charge is -2.42. The van der Waals surface area contributed by atoms with E-state index in [1.54, 1.807) is 0 Å². The van der Waals surface area contributed by atoms with Crippen LogP contribution < -0.4 is 21.3 Å². The minimum Gasteiger partial charge on any atom is -0.394 e. The number of nitrogens with one attached hydrogen (secondary N) is 4. The summed E-state index contributed by atoms with van der Waals surface area (Å²) in [4.78, 5) is 48.8. The smallest absolute Gasteiger partial charge is 0.217 e. The lowest BCUT2D eigenvalue weighted by atomic mass is 9.92. The first-order valence-corrected chi connectivity index (χ1v) is 28.0. The Morgan fingerprint density at radius 3 is 0.775 bits per heavy atom. The Morgan fingerprint density at radius 1 is 0.393 bits per heavy atom. The van der Waals surface area contributed by atoms with Crippen LogP contribution in [0.15, 0.2) is 24.8 Å². The van der Waals surface area contributed by atoms with Gasteiger partial charge >= 0.3 is 0 Å². The van der Waals surface area contributed by atoms with Crippen molar-refractivity contribution in [2.75, 3.05) is 52.9 Å². The number of aromatic nitrogens is 12. The van der Waals surface area contributed by atoms with Crippen LogP contribution in [0.25, 0.3) is 0 Å². The van der Waals surface area contributed by atoms with Gasteiger partial charge < -0.3 is 120 Å². The molecular weight excluding hydrogens is 1200 g/mol. The van der Waals surface area contributed by atoms with Crippen LogP contribution in [-0.4, -0.2) is 295 Å². The van der Waals surface area contributed by atoms with Crippen molar-refractivity contribution in [1.82, 2.24) is 81.2 Å². The fourth-order valence-corrected chi connectivity index (χ4v) is 10.6. The number of hydrogen-bond acceptors (Lipinski definition) is 32. The molecule has 4 saturated heterocycles. The van der Waals surface area contributed by atoms with E-state index in [0.29, 0.717) is 0 Å². The van der Waals surface area contributed by atoms with Gasteiger partial charge in [-0.25, -0.2) is 18.7 Å². The first kappa shape index (κ1) is 68.5. The Morgan fingerprint density at radius 2 is 0.596 bits per heavy atom. The molecule has 40 nitrogen and oxygen atoms in total. The van der Waals surface area contributed by atoms with Crippen LogP contribution in [0.1, 0.15) is 75.4 Å². The van der Waals surface area contributed by atoms with Crippen LogP contribution in [0.2, 0.25) is 0 Å². The van der Waals surface area contributed by atoms with Crippen LogP contribution >= 0.6 is 0 Å². The molecule has 4 amide bonds. The summed E-state index contributed by atoms with van der Waals surface area (Å²) in [7, 11) is 0. The average molecular weight is 1270 g/mol. The second-order valence-corrected chi connectivity index (χ2v) is 22.1. The lowest BCUT2D eigenvalue weighted by molar-refractivity contribution is -0.219. The molecule has 4 aromatic heterocycles. The highest BCUT2D eigenvalue weighted by Gasteiger charge is 2.50. The van der Waals surface area contributed by atoms with E-state index < -0.39 is 178 Å². The third-order valence-corrected chi connectivity index (χ3v) is 15.0. The number of carbonyl (C=O) groups is 4. The molecule has 8 rings (SSSR count). The van der Waals surface area contributed by atoms with E-state index in [2.05, 4.69) is 62.5 Å². The van der Waals surface area contributed by atoms with Crippen molar-refractivity contribution >= 4 is 23.6 Å². The third-order valence-electron chi connectivity index (χ3n) is 15.0. The molecule has 89 heavy (non-hydrogen) atoms. The molecule has 0 unspecified atom stereocenters. The number of nitrogens with zero attached hydrogens (tertiary/aromatic N) is 12. The molecular formula is C49H76N16O24. The zero-order valence-electron chi connectivity index (χ0n) is 48.5. The van der Waals surface area contributed by atoms with E-state index in [4.69, 9.17) is 37.9 Å². The highest BCUT2D eigenvalue weighted by molar-refractivity contribution is 5.74. The molecule has 496 valence electrons. The number of amides is 4. The number of carbonyl (C=O) groups excluding carboxylic acids is 4. The minimum atomic E-state index is -1.61. The Balaban J connectivity index is 1.07. The molecule has 0 saturated carbocycles. The third kappa shape index (κ3) is 16.4. The maximum atomic E-state index is 12.2. The van der Waals surface area contributed by atoms with E-state index in [1.807, 2.05) is 0 Å². The number of aliphatic hydroxyl groups excluding tert-OH is 12. The van der Waals surface area contributed by atoms with Crippen LogP contribution in [-0.2, 0) is 83.5 Å². The van der Waals surface area contributed by atoms with Crippen molar-refractivity contribution in [3.05, 3.63) is 47.6 Å². The Kier molecular flexibility index (Phi) is 23.6. The van der Waals surface area contributed by atoms with Gasteiger partial charge in [0, 0.05) is 27.7 Å². The molecule has 4 fully saturated rings. The fraction of sp³-hybridized carbons (Fsp3) is 0.755. The van der Waals surface area contributed by atoms with Gasteiger partial charge in [-0.1, -0.05) is 20.9 Å². The average Bonchev–Trinajstić information content (AvgIpc) is 2.81. The Hall–Kier alpha value is -6.36. The van der Waals surface area contributed by atoms with Gasteiger partial charge in [-0.2, -0.15) is 0 Å². The molecule has 8 heterocycles. The van der Waals surface area contributed by atoms with Crippen LogP contribution in [0, 0.1) is 5.41 Å². The number of hydrogen-bond donors (Lipinski definition) is 16. The zero-order valence-corrected chi connectivity index (χ0v) is 48.5. The van der Waals surface area contributed by atoms with Gasteiger partial charge in [0.25, 0.3) is 0 Å². The monoisotopic (exact) mass is 1270 g/mol. The molecule has 0 spiro atoms. The molecule has 4 aliphatic heterocycles. The van der Waals surface area contributed by atoms with E-state index in [0.717, 1.165) is 18.7 Å². The Labute approximate surface area is 504 Å². The normalized spacial score (nSPS) is 32.5. The van der Waals surface area contributed by atoms with Crippen molar-refractivity contribution in [3.63, 3.8) is 0 Å². The summed E-state index contributed by atoms with van der Waals surface area (Å²) >= 11 is 0. The lowest BCUT2D eigenvalue weighted by Crippen LogP contribution is -2.62. The van der Waals surface area contributed by atoms with E-state index in [9.17, 15) is 80.5 Å². The second kappa shape index (κ2) is 30.6. The van der Waals surface area contributed by atoms with Gasteiger partial charge in [-0.3, -0.25) is 19.2 Å². The highest BCUT2D eigenvalue weighted by atomic mass is 16.6. The second-order valence-electron chi connectivity index (χ2n) is 22.1. The minimum absolute atomic E-state index is 0.161. The Bertz CT molecular complexity index is 2560. The number of rotatable bonds is 28. The van der Waals surface area contributed by atoms with Gasteiger partial charge in [0.2, 0.25) is 23.6 Å².